The quantitative estimate of drug-likeness (QED) is 0.165. The highest BCUT2D eigenvalue weighted by molar-refractivity contribution is 6.14. The van der Waals surface area contributed by atoms with Gasteiger partial charge in [0.1, 0.15) is 28.0 Å². The Morgan fingerprint density at radius 1 is 0.349 bits per heavy atom. The van der Waals surface area contributed by atoms with Crippen molar-refractivity contribution in [2.75, 3.05) is 0 Å². The lowest BCUT2D eigenvalue weighted by molar-refractivity contribution is 0.666. The summed E-state index contributed by atoms with van der Waals surface area (Å²) in [6.07, 6.45) is 0. The maximum atomic E-state index is 6.67. The summed E-state index contributed by atoms with van der Waals surface area (Å²) < 4.78 is 15.4. The minimum Gasteiger partial charge on any atom is -0.456 e. The summed E-state index contributed by atoms with van der Waals surface area (Å²) in [7, 11) is 0. The molecule has 0 atom stereocenters. The van der Waals surface area contributed by atoms with Gasteiger partial charge in [-0.1, -0.05) is 127 Å². The number of para-hydroxylation sites is 3. The second-order valence-electron chi connectivity index (χ2n) is 15.6. The zero-order valence-corrected chi connectivity index (χ0v) is 33.5. The molecule has 294 valence electrons. The van der Waals surface area contributed by atoms with Crippen LogP contribution in [-0.2, 0) is 0 Å². The molecule has 0 bridgehead atoms. The molecule has 13 rings (SSSR count). The second-order valence-corrected chi connectivity index (χ2v) is 15.6. The van der Waals surface area contributed by atoms with Crippen molar-refractivity contribution in [2.24, 2.45) is 0 Å². The third-order valence-corrected chi connectivity index (χ3v) is 11.9. The highest BCUT2D eigenvalue weighted by Crippen LogP contribution is 2.41. The summed E-state index contributed by atoms with van der Waals surface area (Å²) in [6, 6.07) is 65.8. The third-order valence-electron chi connectivity index (χ3n) is 11.9. The highest BCUT2D eigenvalue weighted by atomic mass is 16.3. The third kappa shape index (κ3) is 5.66. The van der Waals surface area contributed by atoms with Crippen molar-refractivity contribution >= 4 is 65.8 Å². The lowest BCUT2D eigenvalue weighted by atomic mass is 10.0. The average molecular weight is 809 g/mol. The molecule has 0 saturated heterocycles. The first-order chi connectivity index (χ1) is 31.2. The van der Waals surface area contributed by atoms with Gasteiger partial charge in [0.25, 0.3) is 0 Å². The van der Waals surface area contributed by atoms with Gasteiger partial charge in [-0.15, -0.1) is 0 Å². The van der Waals surface area contributed by atoms with Crippen LogP contribution < -0.4 is 0 Å². The highest BCUT2D eigenvalue weighted by Gasteiger charge is 2.22. The number of furan rings is 2. The van der Waals surface area contributed by atoms with E-state index >= 15 is 0 Å². The molecule has 13 aromatic rings. The molecule has 5 aromatic heterocycles. The van der Waals surface area contributed by atoms with Gasteiger partial charge < -0.3 is 13.4 Å². The molecule has 0 unspecified atom stereocenters. The Bertz CT molecular complexity index is 3910. The molecule has 8 aromatic carbocycles. The van der Waals surface area contributed by atoms with Crippen molar-refractivity contribution in [3.8, 4) is 62.5 Å². The Kier molecular flexibility index (Phi) is 7.74. The van der Waals surface area contributed by atoms with E-state index in [1.807, 2.05) is 109 Å². The molecule has 0 saturated carbocycles. The molecule has 0 radical (unpaired) electrons. The molecule has 0 N–H and O–H groups in total. The van der Waals surface area contributed by atoms with Crippen LogP contribution in [0.2, 0.25) is 0 Å². The minimum absolute atomic E-state index is 0.551. The fraction of sp³-hybridized carbons (Fsp3) is 0. The molecule has 0 aliphatic rings. The summed E-state index contributed by atoms with van der Waals surface area (Å²) in [4.78, 5) is 25.7. The Balaban J connectivity index is 0.988. The van der Waals surface area contributed by atoms with Gasteiger partial charge >= 0.3 is 0 Å². The molecule has 0 aliphatic heterocycles. The van der Waals surface area contributed by atoms with Crippen LogP contribution in [0.5, 0.6) is 0 Å². The summed E-state index contributed by atoms with van der Waals surface area (Å²) in [5.41, 5.74) is 12.0. The van der Waals surface area contributed by atoms with Gasteiger partial charge in [0.05, 0.1) is 11.0 Å². The molecule has 0 fully saturated rings. The van der Waals surface area contributed by atoms with E-state index < -0.39 is 0 Å². The smallest absolute Gasteiger partial charge is 0.180 e. The normalized spacial score (nSPS) is 11.8. The zero-order chi connectivity index (χ0) is 41.4. The van der Waals surface area contributed by atoms with Crippen molar-refractivity contribution in [3.63, 3.8) is 0 Å². The Labute approximate surface area is 359 Å². The van der Waals surface area contributed by atoms with Crippen LogP contribution in [0.15, 0.2) is 203 Å². The molecule has 5 heterocycles. The van der Waals surface area contributed by atoms with E-state index in [1.165, 1.54) is 0 Å². The largest absolute Gasteiger partial charge is 0.456 e. The molecule has 8 nitrogen and oxygen atoms in total. The number of hydrogen-bond acceptors (Lipinski definition) is 7. The van der Waals surface area contributed by atoms with Crippen LogP contribution in [0.3, 0.4) is 0 Å². The number of hydrogen-bond donors (Lipinski definition) is 0. The number of nitrogens with zero attached hydrogens (tertiary/aromatic N) is 6. The van der Waals surface area contributed by atoms with Crippen molar-refractivity contribution in [3.05, 3.63) is 194 Å². The number of rotatable bonds is 6. The predicted octanol–water partition coefficient (Wildman–Crippen LogP) is 13.9. The van der Waals surface area contributed by atoms with Crippen LogP contribution in [0.4, 0.5) is 0 Å². The predicted molar refractivity (Wildman–Crippen MR) is 251 cm³/mol. The summed E-state index contributed by atoms with van der Waals surface area (Å²) in [5, 5.41) is 5.06. The standard InChI is InChI=1S/C55H32N6O2/c1-4-15-33(16-5-1)52-56-49(51-50(57-52)40-22-11-13-25-45(40)63-51)35-27-29-39-47(32-35)62-46-26-14-23-41(48(39)46)55-59-53(34-17-6-2-7-18-34)58-54(60-55)36-28-30-44-42(31-36)38-21-10-12-24-43(38)61(44)37-19-8-3-9-20-37/h1-32H. The van der Waals surface area contributed by atoms with Crippen LogP contribution in [0.1, 0.15) is 0 Å². The summed E-state index contributed by atoms with van der Waals surface area (Å²) in [5.74, 6) is 2.34. The van der Waals surface area contributed by atoms with Crippen molar-refractivity contribution in [1.29, 1.82) is 0 Å². The van der Waals surface area contributed by atoms with Gasteiger partial charge in [0.2, 0.25) is 0 Å². The van der Waals surface area contributed by atoms with Gasteiger partial charge in [-0.2, -0.15) is 0 Å². The molecule has 63 heavy (non-hydrogen) atoms. The molecule has 0 spiro atoms. The minimum atomic E-state index is 0.551. The van der Waals surface area contributed by atoms with Gasteiger partial charge in [0.15, 0.2) is 28.9 Å². The first-order valence-corrected chi connectivity index (χ1v) is 20.8. The summed E-state index contributed by atoms with van der Waals surface area (Å²) in [6.45, 7) is 0. The van der Waals surface area contributed by atoms with E-state index in [9.17, 15) is 0 Å². The number of fused-ring (bicyclic) bond motifs is 9. The van der Waals surface area contributed by atoms with E-state index in [2.05, 4.69) is 89.5 Å². The van der Waals surface area contributed by atoms with E-state index in [0.29, 0.717) is 40.2 Å². The maximum Gasteiger partial charge on any atom is 0.180 e. The molecule has 0 amide bonds. The van der Waals surface area contributed by atoms with Crippen LogP contribution >= 0.6 is 0 Å². The van der Waals surface area contributed by atoms with E-state index in [-0.39, 0.29) is 0 Å². The van der Waals surface area contributed by atoms with Crippen molar-refractivity contribution in [1.82, 2.24) is 29.5 Å². The van der Waals surface area contributed by atoms with Gasteiger partial charge in [-0.25, -0.2) is 24.9 Å². The average Bonchev–Trinajstić information content (AvgIpc) is 4.03. The van der Waals surface area contributed by atoms with E-state index in [4.69, 9.17) is 33.8 Å². The summed E-state index contributed by atoms with van der Waals surface area (Å²) >= 11 is 0. The topological polar surface area (TPSA) is 95.7 Å². The lowest BCUT2D eigenvalue weighted by Gasteiger charge is -2.10. The molecular formula is C55H32N6O2. The van der Waals surface area contributed by atoms with E-state index in [0.717, 1.165) is 88.2 Å². The molecular weight excluding hydrogens is 777 g/mol. The fourth-order valence-electron chi connectivity index (χ4n) is 8.97. The van der Waals surface area contributed by atoms with E-state index in [1.54, 1.807) is 0 Å². The van der Waals surface area contributed by atoms with Crippen LogP contribution in [0, 0.1) is 0 Å². The maximum absolute atomic E-state index is 6.67. The van der Waals surface area contributed by atoms with Crippen LogP contribution in [-0.4, -0.2) is 29.5 Å². The van der Waals surface area contributed by atoms with Crippen molar-refractivity contribution < 1.29 is 8.83 Å². The van der Waals surface area contributed by atoms with Gasteiger partial charge in [-0.3, -0.25) is 0 Å². The van der Waals surface area contributed by atoms with Crippen molar-refractivity contribution in [2.45, 2.75) is 0 Å². The van der Waals surface area contributed by atoms with Crippen LogP contribution in [0.25, 0.3) is 128 Å². The first-order valence-electron chi connectivity index (χ1n) is 20.8. The monoisotopic (exact) mass is 808 g/mol. The zero-order valence-electron chi connectivity index (χ0n) is 33.5. The lowest BCUT2D eigenvalue weighted by Crippen LogP contribution is -2.00. The molecule has 8 heteroatoms. The number of benzene rings is 8. The van der Waals surface area contributed by atoms with Gasteiger partial charge in [-0.05, 0) is 66.7 Å². The number of aromatic nitrogens is 6. The van der Waals surface area contributed by atoms with Gasteiger partial charge in [0, 0.05) is 60.4 Å². The first kappa shape index (κ1) is 35.0. The Morgan fingerprint density at radius 3 is 1.76 bits per heavy atom. The fourth-order valence-corrected chi connectivity index (χ4v) is 8.97. The Hall–Kier alpha value is -8.75. The Morgan fingerprint density at radius 2 is 0.968 bits per heavy atom. The molecule has 0 aliphatic carbocycles. The second kappa shape index (κ2) is 13.9. The SMILES string of the molecule is c1ccc(-c2nc(-c3ccc4c(c3)c3ccccc3n4-c3ccccc3)nc(-c3cccc4oc5cc(-c6nc(-c7ccccc7)nc7c6oc6ccccc67)ccc5c34)n2)cc1.